The van der Waals surface area contributed by atoms with Gasteiger partial charge in [-0.3, -0.25) is 0 Å². The van der Waals surface area contributed by atoms with Crippen LogP contribution >= 0.6 is 27.6 Å². The zero-order chi connectivity index (χ0) is 24.6. The highest BCUT2D eigenvalue weighted by Gasteiger charge is 2.23. The summed E-state index contributed by atoms with van der Waals surface area (Å²) >= 11 is 1.81. The molecule has 0 unspecified atom stereocenters. The maximum Gasteiger partial charge on any atom is 0.0455 e. The van der Waals surface area contributed by atoms with E-state index in [9.17, 15) is 0 Å². The van der Waals surface area contributed by atoms with Crippen LogP contribution in [0.2, 0.25) is 0 Å². The molecule has 5 rings (SSSR count). The van der Waals surface area contributed by atoms with Crippen LogP contribution in [0.15, 0.2) is 161 Å². The molecule has 0 heterocycles. The van der Waals surface area contributed by atoms with Crippen molar-refractivity contribution in [2.45, 2.75) is 4.90 Å². The van der Waals surface area contributed by atoms with Crippen molar-refractivity contribution in [2.24, 2.45) is 0 Å². The van der Waals surface area contributed by atoms with Gasteiger partial charge in [-0.05, 0) is 55.0 Å². The fourth-order valence-electron chi connectivity index (χ4n) is 3.96. The van der Waals surface area contributed by atoms with Crippen LogP contribution in [0.4, 0.5) is 5.69 Å². The number of benzene rings is 5. The van der Waals surface area contributed by atoms with Gasteiger partial charge in [-0.1, -0.05) is 145 Å². The van der Waals surface area contributed by atoms with Crippen molar-refractivity contribution in [1.82, 2.24) is 0 Å². The van der Waals surface area contributed by atoms with Gasteiger partial charge in [-0.15, -0.1) is 0 Å². The van der Waals surface area contributed by atoms with Crippen LogP contribution in [0.25, 0.3) is 0 Å². The number of rotatable bonds is 8. The van der Waals surface area contributed by atoms with E-state index in [-0.39, 0.29) is 0 Å². The van der Waals surface area contributed by atoms with Gasteiger partial charge in [0.25, 0.3) is 0 Å². The number of hydrogen-bond donors (Lipinski definition) is 1. The Morgan fingerprint density at radius 3 is 1.33 bits per heavy atom. The van der Waals surface area contributed by atoms with Gasteiger partial charge in [0.15, 0.2) is 0 Å². The van der Waals surface area contributed by atoms with Crippen molar-refractivity contribution in [3.8, 4) is 0 Å². The molecule has 0 aromatic heterocycles. The molecule has 0 bridgehead atoms. The lowest BCUT2D eigenvalue weighted by Gasteiger charge is -2.25. The third kappa shape index (κ3) is 5.97. The summed E-state index contributed by atoms with van der Waals surface area (Å²) < 4.78 is 1.35. The monoisotopic (exact) mass is 519 g/mol. The minimum Gasteiger partial charge on any atom is -0.398 e. The van der Waals surface area contributed by atoms with Crippen molar-refractivity contribution >= 4 is 54.5 Å². The summed E-state index contributed by atoms with van der Waals surface area (Å²) in [5, 5.41) is 5.36. The number of thioether (sulfide) groups is 1. The topological polar surface area (TPSA) is 26.0 Å². The molecule has 5 aromatic carbocycles. The fourth-order valence-corrected chi connectivity index (χ4v) is 10.7. The average Bonchev–Trinajstić information content (AvgIpc) is 2.95. The first kappa shape index (κ1) is 24.5. The average molecular weight is 520 g/mol. The quantitative estimate of drug-likeness (QED) is 0.131. The highest BCUT2D eigenvalue weighted by atomic mass is 32.2. The first-order valence-electron chi connectivity index (χ1n) is 11.8. The number of hydrogen-bond acceptors (Lipinski definition) is 2. The summed E-state index contributed by atoms with van der Waals surface area (Å²) in [6.45, 7) is 0. The second-order valence-corrected chi connectivity index (χ2v) is 13.8. The number of nitrogens with two attached hydrogens (primary N) is 1. The molecule has 5 aromatic rings. The first-order chi connectivity index (χ1) is 17.8. The molecule has 0 saturated heterocycles. The van der Waals surface area contributed by atoms with Crippen LogP contribution < -0.4 is 27.0 Å². The molecular weight excluding hydrogens is 492 g/mol. The van der Waals surface area contributed by atoms with Gasteiger partial charge in [-0.2, -0.15) is 0 Å². The molecule has 0 atom stereocenters. The molecule has 0 amide bonds. The molecule has 0 saturated carbocycles. The molecule has 36 heavy (non-hydrogen) atoms. The summed E-state index contributed by atoms with van der Waals surface area (Å²) in [5.41, 5.74) is 7.28. The molecule has 176 valence electrons. The summed E-state index contributed by atoms with van der Waals surface area (Å²) in [4.78, 5) is 1.10. The van der Waals surface area contributed by atoms with E-state index in [4.69, 9.17) is 5.73 Å². The lowest BCUT2D eigenvalue weighted by molar-refractivity contribution is 1.47. The standard InChI is InChI=1S/C32H27NP2S/c33-30-23-13-14-24-31(30)36-32(35(28-19-9-3-10-20-28)29-21-11-4-12-22-29)25-34(26-15-5-1-6-16-26)27-17-7-2-8-18-27/h1-25H,33H2. The van der Waals surface area contributed by atoms with Crippen molar-refractivity contribution in [3.05, 3.63) is 156 Å². The molecule has 0 aliphatic carbocycles. The van der Waals surface area contributed by atoms with Gasteiger partial charge in [0.2, 0.25) is 0 Å². The molecule has 0 aliphatic rings. The van der Waals surface area contributed by atoms with Crippen molar-refractivity contribution in [2.75, 3.05) is 5.73 Å². The predicted octanol–water partition coefficient (Wildman–Crippen LogP) is 7.43. The lowest BCUT2D eigenvalue weighted by atomic mass is 10.3. The van der Waals surface area contributed by atoms with Gasteiger partial charge < -0.3 is 5.73 Å². The zero-order valence-corrected chi connectivity index (χ0v) is 22.4. The van der Waals surface area contributed by atoms with E-state index in [1.807, 2.05) is 23.9 Å². The Morgan fingerprint density at radius 2 is 0.889 bits per heavy atom. The molecule has 2 N–H and O–H groups in total. The maximum absolute atomic E-state index is 6.46. The summed E-state index contributed by atoms with van der Waals surface area (Å²) in [6.07, 6.45) is 0. The predicted molar refractivity (Wildman–Crippen MR) is 163 cm³/mol. The van der Waals surface area contributed by atoms with E-state index in [1.165, 1.54) is 25.9 Å². The van der Waals surface area contributed by atoms with Gasteiger partial charge >= 0.3 is 0 Å². The minimum atomic E-state index is -0.779. The first-order valence-corrected chi connectivity index (χ1v) is 15.4. The van der Waals surface area contributed by atoms with Crippen LogP contribution in [-0.4, -0.2) is 0 Å². The van der Waals surface area contributed by atoms with Crippen LogP contribution in [0.1, 0.15) is 0 Å². The lowest BCUT2D eigenvalue weighted by Crippen LogP contribution is -2.14. The van der Waals surface area contributed by atoms with Crippen molar-refractivity contribution in [1.29, 1.82) is 0 Å². The molecule has 4 heteroatoms. The fraction of sp³-hybridized carbons (Fsp3) is 0. The SMILES string of the molecule is Nc1ccccc1SC(=CP(c1ccccc1)c1ccccc1)P(c1ccccc1)c1ccccc1. The highest BCUT2D eigenvalue weighted by molar-refractivity contribution is 8.13. The summed E-state index contributed by atoms with van der Waals surface area (Å²) in [7, 11) is -1.50. The summed E-state index contributed by atoms with van der Waals surface area (Å²) in [5.74, 6) is 2.53. The second kappa shape index (κ2) is 12.2. The van der Waals surface area contributed by atoms with Gasteiger partial charge in [-0.25, -0.2) is 0 Å². The van der Waals surface area contributed by atoms with Crippen LogP contribution in [0, 0.1) is 0 Å². The molecule has 0 radical (unpaired) electrons. The van der Waals surface area contributed by atoms with Crippen LogP contribution in [-0.2, 0) is 0 Å². The largest absolute Gasteiger partial charge is 0.398 e. The van der Waals surface area contributed by atoms with Crippen molar-refractivity contribution < 1.29 is 0 Å². The Kier molecular flexibility index (Phi) is 8.32. The third-order valence-corrected chi connectivity index (χ3v) is 12.2. The van der Waals surface area contributed by atoms with E-state index in [0.717, 1.165) is 10.6 Å². The van der Waals surface area contributed by atoms with Gasteiger partial charge in [0.1, 0.15) is 0 Å². The molecule has 1 nitrogen and oxygen atoms in total. The van der Waals surface area contributed by atoms with Gasteiger partial charge in [0.05, 0.1) is 0 Å². The molecule has 0 aliphatic heterocycles. The molecular formula is C32H27NP2S. The Balaban J connectivity index is 1.72. The third-order valence-electron chi connectivity index (χ3n) is 5.69. The number of anilines is 1. The summed E-state index contributed by atoms with van der Waals surface area (Å²) in [6, 6.07) is 51.7. The zero-order valence-electron chi connectivity index (χ0n) is 19.8. The van der Waals surface area contributed by atoms with Crippen LogP contribution in [0.3, 0.4) is 0 Å². The minimum absolute atomic E-state index is 0.717. The Bertz CT molecular complexity index is 1330. The molecule has 0 spiro atoms. The molecule has 0 fully saturated rings. The van der Waals surface area contributed by atoms with Gasteiger partial charge in [0, 0.05) is 15.2 Å². The number of para-hydroxylation sites is 1. The smallest absolute Gasteiger partial charge is 0.0455 e. The highest BCUT2D eigenvalue weighted by Crippen LogP contribution is 2.55. The van der Waals surface area contributed by atoms with E-state index in [2.05, 4.69) is 139 Å². The van der Waals surface area contributed by atoms with E-state index in [1.54, 1.807) is 0 Å². The number of nitrogen functional groups attached to an aromatic ring is 1. The van der Waals surface area contributed by atoms with E-state index in [0.29, 0.717) is 0 Å². The Hall–Kier alpha value is -3.15. The second-order valence-electron chi connectivity index (χ2n) is 8.15. The normalized spacial score (nSPS) is 11.7. The van der Waals surface area contributed by atoms with E-state index < -0.39 is 15.8 Å². The Labute approximate surface area is 220 Å². The van der Waals surface area contributed by atoms with Crippen LogP contribution in [0.5, 0.6) is 0 Å². The maximum atomic E-state index is 6.46. The Morgan fingerprint density at radius 1 is 0.500 bits per heavy atom. The van der Waals surface area contributed by atoms with E-state index >= 15 is 0 Å². The van der Waals surface area contributed by atoms with Crippen molar-refractivity contribution in [3.63, 3.8) is 0 Å².